The van der Waals surface area contributed by atoms with Gasteiger partial charge in [-0.15, -0.1) is 0 Å². The van der Waals surface area contributed by atoms with Crippen molar-refractivity contribution in [2.45, 2.75) is 120 Å². The minimum atomic E-state index is -1.74. The third-order valence-corrected chi connectivity index (χ3v) is 9.48. The van der Waals surface area contributed by atoms with Crippen molar-refractivity contribution in [3.05, 3.63) is 76.2 Å². The van der Waals surface area contributed by atoms with Gasteiger partial charge in [-0.2, -0.15) is 0 Å². The van der Waals surface area contributed by atoms with Gasteiger partial charge in [0.05, 0.1) is 32.5 Å². The zero-order valence-electron chi connectivity index (χ0n) is 36.6. The normalized spacial score (nSPS) is 26.8. The van der Waals surface area contributed by atoms with Crippen LogP contribution in [0.3, 0.4) is 0 Å². The van der Waals surface area contributed by atoms with Crippen molar-refractivity contribution in [3.63, 3.8) is 0 Å². The van der Waals surface area contributed by atoms with Gasteiger partial charge in [0.2, 0.25) is 0 Å². The van der Waals surface area contributed by atoms with E-state index in [1.807, 2.05) is 0 Å². The van der Waals surface area contributed by atoms with Crippen molar-refractivity contribution in [1.82, 2.24) is 0 Å². The molecule has 307 valence electrons. The van der Waals surface area contributed by atoms with E-state index in [0.29, 0.717) is 0 Å². The van der Waals surface area contributed by atoms with Crippen molar-refractivity contribution in [2.24, 2.45) is 0 Å². The van der Waals surface area contributed by atoms with Crippen molar-refractivity contribution in [2.75, 3.05) is 14.2 Å². The highest BCUT2D eigenvalue weighted by molar-refractivity contribution is 8.07. The first-order valence-corrected chi connectivity index (χ1v) is 19.3. The van der Waals surface area contributed by atoms with E-state index in [1.54, 1.807) is 27.7 Å². The molecule has 15 radical (unpaired) electrons. The first kappa shape index (κ1) is 57.3. The van der Waals surface area contributed by atoms with E-state index in [-0.39, 0.29) is 32.1 Å². The Morgan fingerprint density at radius 2 is 1.03 bits per heavy atom. The van der Waals surface area contributed by atoms with Gasteiger partial charge in [0.25, 0.3) is 0 Å². The Hall–Kier alpha value is -3.71. The van der Waals surface area contributed by atoms with Crippen molar-refractivity contribution in [1.29, 1.82) is 0 Å². The van der Waals surface area contributed by atoms with Crippen LogP contribution in [0.1, 0.15) is 60.3 Å². The lowest BCUT2D eigenvalue weighted by atomic mass is 8.50. The fourth-order valence-corrected chi connectivity index (χ4v) is 7.05. The predicted octanol–water partition coefficient (Wildman–Crippen LogP) is -2.74. The van der Waals surface area contributed by atoms with Crippen LogP contribution in [-0.4, -0.2) is 200 Å². The van der Waals surface area contributed by atoms with E-state index in [0.717, 1.165) is 0 Å². The van der Waals surface area contributed by atoms with E-state index < -0.39 is 103 Å². The molecule has 4 fully saturated rings. The Labute approximate surface area is 382 Å². The van der Waals surface area contributed by atoms with Crippen LogP contribution >= 0.6 is 0 Å². The van der Waals surface area contributed by atoms with E-state index in [9.17, 15) is 29.7 Å². The number of methoxy groups -OCH3 is 2. The van der Waals surface area contributed by atoms with E-state index in [4.69, 9.17) is 77.8 Å². The fourth-order valence-electron chi connectivity index (χ4n) is 7.05. The van der Waals surface area contributed by atoms with Crippen molar-refractivity contribution in [3.8, 4) is 0 Å². The second-order valence-electron chi connectivity index (χ2n) is 15.4. The molecule has 2 saturated carbocycles. The molecule has 2 saturated heterocycles. The summed E-state index contributed by atoms with van der Waals surface area (Å²) in [4.78, 5) is 34.5. The zero-order chi connectivity index (χ0) is 48.3. The zero-order valence-corrected chi connectivity index (χ0v) is 36.6. The van der Waals surface area contributed by atoms with E-state index in [1.165, 1.54) is 28.2 Å². The summed E-state index contributed by atoms with van der Waals surface area (Å²) in [5.74, 6) is -3.67. The summed E-state index contributed by atoms with van der Waals surface area (Å²) in [5, 5.41) is 30.5. The molecular weight excluding hydrogens is 793 g/mol. The quantitative estimate of drug-likeness (QED) is 0.0996. The van der Waals surface area contributed by atoms with Gasteiger partial charge in [-0.25, -0.2) is 9.59 Å². The molecule has 2 aliphatic heterocycles. The molecule has 2 heterocycles. The predicted molar refractivity (Wildman–Crippen MR) is 246 cm³/mol. The SMILES string of the molecule is C=C=C=C=C=C=C=C=C=C=C=C=C.COC(=O)[C@@]1(O)C[C@@H](O)[C@@H]2OC(C)(C)O[C@@H]2C1.COC(=O)[C@@]1(O)C[C@@H](OC(C)=O)[C@@H]2OC(C)(C)O[C@@H]2C1.[B][B]B(B([B])[B])B(B([B])[B])B([B])[B]. The molecule has 0 aromatic heterocycles. The summed E-state index contributed by atoms with van der Waals surface area (Å²) >= 11 is 0. The highest BCUT2D eigenvalue weighted by atomic mass is 16.8. The van der Waals surface area contributed by atoms with Gasteiger partial charge in [-0.3, -0.25) is 4.79 Å². The Morgan fingerprint density at radius 1 is 0.651 bits per heavy atom. The van der Waals surface area contributed by atoms with Crippen LogP contribution in [0.2, 0.25) is 0 Å². The monoisotopic (exact) mass is 837 g/mol. The number of esters is 3. The standard InChI is InChI=1S/C13H20O7.C13H4.C11H18O6.B13/c1-7(14)18-8-5-13(16,11(15)17-4)6-9-10(8)20-12(2,3)19-9;1-3-5-7-9-11-13-12-10-8-6-4-2;1-10(2)16-7-5-11(14,9(13)15-3)4-6(12)8(7)17-10;1-8-12(9(2)3)13(10(4)5)11(6)7/h8-10,16H,5-6H2,1-4H3;1-2H2;6-8,12,14H,4-5H2,1-3H3;/t8-,9-,10+,13-;;6-,7-,8+,11-;/m1.1./s1. The number of hydrogen-bond acceptors (Lipinski definition) is 13. The average molecular weight is 835 g/mol. The van der Waals surface area contributed by atoms with Crippen LogP contribution in [0.4, 0.5) is 0 Å². The topological polar surface area (TPSA) is 177 Å². The number of rotatable bonds is 8. The van der Waals surface area contributed by atoms with Crippen LogP contribution in [0.15, 0.2) is 76.2 Å². The second kappa shape index (κ2) is 26.3. The third-order valence-electron chi connectivity index (χ3n) is 9.48. The summed E-state index contributed by atoms with van der Waals surface area (Å²) in [6.07, 6.45) is -6.66. The van der Waals surface area contributed by atoms with Crippen molar-refractivity contribution >= 4 is 111 Å². The van der Waals surface area contributed by atoms with Crippen LogP contribution in [0, 0.1) is 0 Å². The number of carbonyl (C=O) groups excluding carboxylic acids is 3. The molecule has 4 rings (SSSR count). The first-order valence-electron chi connectivity index (χ1n) is 19.3. The highest BCUT2D eigenvalue weighted by Crippen LogP contribution is 2.43. The largest absolute Gasteiger partial charge is 0.467 e. The molecule has 0 spiro atoms. The van der Waals surface area contributed by atoms with Gasteiger partial charge < -0.3 is 48.5 Å². The average Bonchev–Trinajstić information content (AvgIpc) is 3.68. The van der Waals surface area contributed by atoms with Gasteiger partial charge in [0.15, 0.2) is 22.8 Å². The summed E-state index contributed by atoms with van der Waals surface area (Å²) < 4.78 is 36.8. The number of aliphatic hydroxyl groups is 3. The Morgan fingerprint density at radius 3 is 1.37 bits per heavy atom. The lowest BCUT2D eigenvalue weighted by Gasteiger charge is -2.39. The van der Waals surface area contributed by atoms with E-state index >= 15 is 0 Å². The molecular formula is C37H42B13O13. The molecule has 0 unspecified atom stereocenters. The van der Waals surface area contributed by atoms with Crippen LogP contribution < -0.4 is 0 Å². The van der Waals surface area contributed by atoms with Gasteiger partial charge in [0.1, 0.15) is 18.3 Å². The molecule has 26 heteroatoms. The smallest absolute Gasteiger partial charge is 0.338 e. The summed E-state index contributed by atoms with van der Waals surface area (Å²) in [5.41, 5.74) is 23.5. The molecule has 3 N–H and O–H groups in total. The number of hydrogen-bond donors (Lipinski definition) is 3. The lowest BCUT2D eigenvalue weighted by Crippen LogP contribution is -2.69. The molecule has 0 amide bonds. The van der Waals surface area contributed by atoms with Crippen LogP contribution in [0.25, 0.3) is 0 Å². The third kappa shape index (κ3) is 18.4. The first-order chi connectivity index (χ1) is 29.3. The molecule has 63 heavy (non-hydrogen) atoms. The molecule has 0 bridgehead atoms. The maximum atomic E-state index is 11.8. The molecule has 0 aromatic carbocycles. The molecule has 8 atom stereocenters. The summed E-state index contributed by atoms with van der Waals surface area (Å²) in [6.45, 7) is 14.8. The Balaban J connectivity index is 0.000000428. The number of fused-ring (bicyclic) bond motifs is 2. The van der Waals surface area contributed by atoms with Gasteiger partial charge >= 0.3 is 17.9 Å². The summed E-state index contributed by atoms with van der Waals surface area (Å²) in [7, 11) is 41.9. The number of ether oxygens (including phenoxy) is 7. The molecule has 4 aliphatic rings. The maximum absolute atomic E-state index is 11.8. The fraction of sp³-hybridized carbons (Fsp3) is 0.568. The van der Waals surface area contributed by atoms with E-state index in [2.05, 4.69) is 85.7 Å². The van der Waals surface area contributed by atoms with Crippen molar-refractivity contribution < 1.29 is 62.9 Å². The summed E-state index contributed by atoms with van der Waals surface area (Å²) in [6, 6.07) is 0. The Bertz CT molecular complexity index is 1960. The van der Waals surface area contributed by atoms with Crippen LogP contribution in [-0.2, 0) is 47.5 Å². The molecule has 13 nitrogen and oxygen atoms in total. The molecule has 2 aliphatic carbocycles. The van der Waals surface area contributed by atoms with Gasteiger partial charge in [-0.1, -0.05) is 11.5 Å². The lowest BCUT2D eigenvalue weighted by molar-refractivity contribution is -0.188. The van der Waals surface area contributed by atoms with Gasteiger partial charge in [-0.05, 0) is 92.4 Å². The highest BCUT2D eigenvalue weighted by Gasteiger charge is 2.58. The molecule has 0 aromatic rings. The van der Waals surface area contributed by atoms with Gasteiger partial charge in [0, 0.05) is 126 Å². The maximum Gasteiger partial charge on any atom is 0.338 e. The minimum Gasteiger partial charge on any atom is -0.467 e. The number of carbonyl (C=O) groups is 3. The Kier molecular flexibility index (Phi) is 23.9. The second-order valence-corrected chi connectivity index (χ2v) is 15.4. The number of aliphatic hydroxyl groups excluding tert-OH is 1. The van der Waals surface area contributed by atoms with Crippen LogP contribution in [0.5, 0.6) is 0 Å². The minimum absolute atomic E-state index is 0.0472.